The van der Waals surface area contributed by atoms with Crippen LogP contribution in [-0.4, -0.2) is 48.3 Å². The van der Waals surface area contributed by atoms with Gasteiger partial charge in [0.25, 0.3) is 5.91 Å². The fourth-order valence-corrected chi connectivity index (χ4v) is 4.04. The molecule has 1 atom stereocenters. The van der Waals surface area contributed by atoms with E-state index in [0.717, 1.165) is 32.1 Å². The molecule has 26 heavy (non-hydrogen) atoms. The van der Waals surface area contributed by atoms with Gasteiger partial charge >= 0.3 is 0 Å². The molecule has 1 aromatic rings. The highest BCUT2D eigenvalue weighted by Crippen LogP contribution is 2.33. The molecule has 2 N–H and O–H groups in total. The van der Waals surface area contributed by atoms with Gasteiger partial charge in [-0.2, -0.15) is 0 Å². The number of rotatable bonds is 7. The van der Waals surface area contributed by atoms with Crippen LogP contribution in [0.3, 0.4) is 0 Å². The van der Waals surface area contributed by atoms with Crippen molar-refractivity contribution in [2.45, 2.75) is 45.1 Å². The third kappa shape index (κ3) is 4.63. The number of amides is 3. The molecule has 1 saturated carbocycles. The predicted octanol–water partition coefficient (Wildman–Crippen LogP) is 2.02. The number of likely N-dealkylation sites (tertiary alicyclic amines) is 1. The lowest BCUT2D eigenvalue weighted by Crippen LogP contribution is -2.54. The Morgan fingerprint density at radius 1 is 1.23 bits per heavy atom. The summed E-state index contributed by atoms with van der Waals surface area (Å²) in [5, 5.41) is 7.70. The quantitative estimate of drug-likeness (QED) is 0.763. The maximum absolute atomic E-state index is 12.6. The van der Waals surface area contributed by atoms with Crippen LogP contribution in [0.2, 0.25) is 0 Å². The third-order valence-electron chi connectivity index (χ3n) is 5.11. The van der Waals surface area contributed by atoms with Gasteiger partial charge in [0.15, 0.2) is 0 Å². The van der Waals surface area contributed by atoms with Crippen LogP contribution in [0, 0.1) is 11.8 Å². The van der Waals surface area contributed by atoms with Gasteiger partial charge in [0.2, 0.25) is 11.8 Å². The Labute approximate surface area is 158 Å². The molecule has 1 aromatic heterocycles. The van der Waals surface area contributed by atoms with Crippen molar-refractivity contribution < 1.29 is 14.4 Å². The largest absolute Gasteiger partial charge is 0.354 e. The lowest BCUT2D eigenvalue weighted by molar-refractivity contribution is -0.134. The van der Waals surface area contributed by atoms with Gasteiger partial charge in [0.1, 0.15) is 6.04 Å². The van der Waals surface area contributed by atoms with Crippen LogP contribution in [0.1, 0.15) is 48.7 Å². The molecule has 3 amide bonds. The Kier molecular flexibility index (Phi) is 6.29. The number of hydrogen-bond acceptors (Lipinski definition) is 4. The summed E-state index contributed by atoms with van der Waals surface area (Å²) in [7, 11) is 0. The molecular weight excluding hydrogens is 350 g/mol. The Morgan fingerprint density at radius 2 is 1.96 bits per heavy atom. The van der Waals surface area contributed by atoms with Gasteiger partial charge in [-0.1, -0.05) is 13.0 Å². The second-order valence-electron chi connectivity index (χ2n) is 7.16. The molecule has 2 heterocycles. The minimum atomic E-state index is -0.547. The molecule has 2 aliphatic rings. The van der Waals surface area contributed by atoms with Crippen molar-refractivity contribution in [2.75, 3.05) is 19.6 Å². The molecule has 0 spiro atoms. The monoisotopic (exact) mass is 377 g/mol. The van der Waals surface area contributed by atoms with Crippen LogP contribution >= 0.6 is 11.3 Å². The highest BCUT2D eigenvalue weighted by atomic mass is 32.1. The first-order chi connectivity index (χ1) is 12.6. The fourth-order valence-electron chi connectivity index (χ4n) is 3.42. The van der Waals surface area contributed by atoms with Crippen LogP contribution < -0.4 is 10.6 Å². The van der Waals surface area contributed by atoms with E-state index < -0.39 is 6.04 Å². The molecule has 0 unspecified atom stereocenters. The van der Waals surface area contributed by atoms with Gasteiger partial charge in [0.05, 0.1) is 4.88 Å². The van der Waals surface area contributed by atoms with E-state index in [9.17, 15) is 14.4 Å². The number of piperidine rings is 1. The van der Waals surface area contributed by atoms with E-state index in [1.807, 2.05) is 23.3 Å². The van der Waals surface area contributed by atoms with Crippen molar-refractivity contribution in [3.8, 4) is 0 Å². The zero-order chi connectivity index (χ0) is 18.5. The number of nitrogens with zero attached hydrogens (tertiary/aromatic N) is 1. The van der Waals surface area contributed by atoms with E-state index >= 15 is 0 Å². The number of carbonyl (C=O) groups excluding carboxylic acids is 3. The van der Waals surface area contributed by atoms with E-state index in [-0.39, 0.29) is 29.6 Å². The minimum Gasteiger partial charge on any atom is -0.354 e. The predicted molar refractivity (Wildman–Crippen MR) is 101 cm³/mol. The topological polar surface area (TPSA) is 78.5 Å². The summed E-state index contributed by atoms with van der Waals surface area (Å²) in [6.07, 6.45) is 4.36. The second kappa shape index (κ2) is 8.66. The number of carbonyl (C=O) groups is 3. The summed E-state index contributed by atoms with van der Waals surface area (Å²) in [6.45, 7) is 3.95. The normalized spacial score (nSPS) is 19.0. The van der Waals surface area contributed by atoms with Crippen LogP contribution in [0.25, 0.3) is 0 Å². The van der Waals surface area contributed by atoms with Crippen molar-refractivity contribution in [1.29, 1.82) is 0 Å². The average molecular weight is 378 g/mol. The molecule has 7 heteroatoms. The zero-order valence-corrected chi connectivity index (χ0v) is 16.0. The molecule has 3 rings (SSSR count). The molecule has 2 fully saturated rings. The summed E-state index contributed by atoms with van der Waals surface area (Å²) >= 11 is 1.37. The first kappa shape index (κ1) is 18.9. The molecule has 0 aromatic carbocycles. The molecular formula is C19H27N3O3S. The zero-order valence-electron chi connectivity index (χ0n) is 15.2. The van der Waals surface area contributed by atoms with Crippen molar-refractivity contribution >= 4 is 29.1 Å². The molecule has 1 aliphatic carbocycles. The van der Waals surface area contributed by atoms with Crippen LogP contribution in [0.15, 0.2) is 17.5 Å². The van der Waals surface area contributed by atoms with Gasteiger partial charge < -0.3 is 15.5 Å². The van der Waals surface area contributed by atoms with Gasteiger partial charge in [-0.05, 0) is 49.5 Å². The van der Waals surface area contributed by atoms with E-state index in [0.29, 0.717) is 24.5 Å². The van der Waals surface area contributed by atoms with E-state index in [4.69, 9.17) is 0 Å². The maximum atomic E-state index is 12.6. The average Bonchev–Trinajstić information content (AvgIpc) is 3.37. The van der Waals surface area contributed by atoms with Gasteiger partial charge in [0, 0.05) is 25.6 Å². The number of thiophene rings is 1. The van der Waals surface area contributed by atoms with Gasteiger partial charge in [-0.25, -0.2) is 0 Å². The maximum Gasteiger partial charge on any atom is 0.262 e. The van der Waals surface area contributed by atoms with E-state index in [1.165, 1.54) is 11.3 Å². The standard InChI is InChI=1S/C19H27N3O3S/c1-2-9-20-18(24)16(21-17(23)15-4-3-12-26-15)13-7-10-22(11-8-13)19(25)14-5-6-14/h3-4,12-14,16H,2,5-11H2,1H3,(H,20,24)(H,21,23)/t16-/m0/s1. The molecule has 0 radical (unpaired) electrons. The summed E-state index contributed by atoms with van der Waals surface area (Å²) < 4.78 is 0. The SMILES string of the molecule is CCCNC(=O)[C@@H](NC(=O)c1cccs1)C1CCN(C(=O)C2CC2)CC1. The highest BCUT2D eigenvalue weighted by molar-refractivity contribution is 7.12. The smallest absolute Gasteiger partial charge is 0.262 e. The van der Waals surface area contributed by atoms with Crippen LogP contribution in [-0.2, 0) is 9.59 Å². The second-order valence-corrected chi connectivity index (χ2v) is 8.10. The first-order valence-corrected chi connectivity index (χ1v) is 10.4. The summed E-state index contributed by atoms with van der Waals surface area (Å²) in [6, 6.07) is 3.04. The molecule has 1 saturated heterocycles. The number of hydrogen-bond donors (Lipinski definition) is 2. The Balaban J connectivity index is 1.62. The van der Waals surface area contributed by atoms with Crippen LogP contribution in [0.4, 0.5) is 0 Å². The fraction of sp³-hybridized carbons (Fsp3) is 0.632. The lowest BCUT2D eigenvalue weighted by Gasteiger charge is -2.36. The van der Waals surface area contributed by atoms with Crippen molar-refractivity contribution in [3.63, 3.8) is 0 Å². The number of nitrogens with one attached hydrogen (secondary N) is 2. The van der Waals surface area contributed by atoms with Crippen LogP contribution in [0.5, 0.6) is 0 Å². The first-order valence-electron chi connectivity index (χ1n) is 9.51. The molecule has 142 valence electrons. The van der Waals surface area contributed by atoms with Gasteiger partial charge in [-0.3, -0.25) is 14.4 Å². The van der Waals surface area contributed by atoms with Crippen molar-refractivity contribution in [2.24, 2.45) is 11.8 Å². The van der Waals surface area contributed by atoms with Crippen molar-refractivity contribution in [3.05, 3.63) is 22.4 Å². The minimum absolute atomic E-state index is 0.0546. The van der Waals surface area contributed by atoms with Gasteiger partial charge in [-0.15, -0.1) is 11.3 Å². The molecule has 0 bridgehead atoms. The van der Waals surface area contributed by atoms with E-state index in [1.54, 1.807) is 6.07 Å². The van der Waals surface area contributed by atoms with Crippen molar-refractivity contribution in [1.82, 2.24) is 15.5 Å². The molecule has 1 aliphatic heterocycles. The molecule has 6 nitrogen and oxygen atoms in total. The summed E-state index contributed by atoms with van der Waals surface area (Å²) in [4.78, 5) is 39.9. The summed E-state index contributed by atoms with van der Waals surface area (Å²) in [5.41, 5.74) is 0. The summed E-state index contributed by atoms with van der Waals surface area (Å²) in [5.74, 6) is 0.225. The Morgan fingerprint density at radius 3 is 2.54 bits per heavy atom. The van der Waals surface area contributed by atoms with E-state index in [2.05, 4.69) is 10.6 Å². The Bertz CT molecular complexity index is 634. The Hall–Kier alpha value is -1.89. The highest BCUT2D eigenvalue weighted by Gasteiger charge is 2.38. The lowest BCUT2D eigenvalue weighted by atomic mass is 9.88. The third-order valence-corrected chi connectivity index (χ3v) is 5.98.